The van der Waals surface area contributed by atoms with Crippen molar-refractivity contribution in [2.45, 2.75) is 32.2 Å². The summed E-state index contributed by atoms with van der Waals surface area (Å²) in [4.78, 5) is 8.63. The normalized spacial score (nSPS) is 28.2. The van der Waals surface area contributed by atoms with Crippen LogP contribution in [0.1, 0.15) is 36.8 Å². The van der Waals surface area contributed by atoms with Crippen LogP contribution in [-0.2, 0) is 0 Å². The fraction of sp³-hybridized carbons (Fsp3) is 0.636. The Morgan fingerprint density at radius 1 is 1.50 bits per heavy atom. The predicted octanol–water partition coefficient (Wildman–Crippen LogP) is 1.60. The van der Waals surface area contributed by atoms with Crippen LogP contribution >= 0.6 is 0 Å². The summed E-state index contributed by atoms with van der Waals surface area (Å²) in [5.74, 6) is 0.880. The van der Waals surface area contributed by atoms with Crippen LogP contribution < -0.4 is 5.32 Å². The van der Waals surface area contributed by atoms with Gasteiger partial charge >= 0.3 is 0 Å². The molecule has 0 radical (unpaired) electrons. The van der Waals surface area contributed by atoms with Crippen molar-refractivity contribution in [3.05, 3.63) is 23.8 Å². The number of hydrogen-bond donors (Lipinski definition) is 1. The Hall–Kier alpha value is -0.960. The second-order valence-electron chi connectivity index (χ2n) is 4.56. The van der Waals surface area contributed by atoms with Crippen LogP contribution in [0.2, 0.25) is 0 Å². The molecule has 1 spiro atoms. The number of nitrogens with one attached hydrogen (secondary N) is 1. The van der Waals surface area contributed by atoms with Gasteiger partial charge in [0, 0.05) is 18.2 Å². The van der Waals surface area contributed by atoms with E-state index in [1.54, 1.807) is 0 Å². The molecule has 1 saturated carbocycles. The lowest BCUT2D eigenvalue weighted by atomic mass is 9.58. The highest BCUT2D eigenvalue weighted by Crippen LogP contribution is 2.54. The van der Waals surface area contributed by atoms with Crippen molar-refractivity contribution in [3.63, 3.8) is 0 Å². The van der Waals surface area contributed by atoms with Crippen LogP contribution in [0.15, 0.2) is 12.3 Å². The summed E-state index contributed by atoms with van der Waals surface area (Å²) in [6.07, 6.45) is 5.99. The van der Waals surface area contributed by atoms with Crippen LogP contribution in [0.3, 0.4) is 0 Å². The predicted molar refractivity (Wildman–Crippen MR) is 53.8 cm³/mol. The molecule has 1 N–H and O–H groups in total. The van der Waals surface area contributed by atoms with Gasteiger partial charge in [-0.3, -0.25) is 0 Å². The maximum atomic E-state index is 4.50. The molecule has 0 amide bonds. The van der Waals surface area contributed by atoms with Gasteiger partial charge in [-0.2, -0.15) is 0 Å². The minimum atomic E-state index is 0.498. The van der Waals surface area contributed by atoms with Gasteiger partial charge in [0.05, 0.1) is 11.7 Å². The zero-order valence-electron chi connectivity index (χ0n) is 8.45. The van der Waals surface area contributed by atoms with Gasteiger partial charge in [-0.1, -0.05) is 6.42 Å². The minimum absolute atomic E-state index is 0.498. The fourth-order valence-electron chi connectivity index (χ4n) is 2.64. The highest BCUT2D eigenvalue weighted by Gasteiger charge is 2.51. The molecule has 0 bridgehead atoms. The van der Waals surface area contributed by atoms with Gasteiger partial charge in [0.25, 0.3) is 0 Å². The molecule has 14 heavy (non-hydrogen) atoms. The average molecular weight is 189 g/mol. The molecule has 3 nitrogen and oxygen atoms in total. The number of aryl methyl sites for hydroxylation is 1. The summed E-state index contributed by atoms with van der Waals surface area (Å²) in [5, 5.41) is 3.49. The molecule has 3 heteroatoms. The SMILES string of the molecule is Cc1nccc(C2NCC23CCC3)n1. The van der Waals surface area contributed by atoms with E-state index in [1.165, 1.54) is 31.5 Å². The van der Waals surface area contributed by atoms with Crippen LogP contribution in [0.4, 0.5) is 0 Å². The Morgan fingerprint density at radius 3 is 2.86 bits per heavy atom. The van der Waals surface area contributed by atoms with E-state index in [-0.39, 0.29) is 0 Å². The molecule has 74 valence electrons. The first-order valence-electron chi connectivity index (χ1n) is 5.33. The fourth-order valence-corrected chi connectivity index (χ4v) is 2.64. The Labute approximate surface area is 84.0 Å². The molecule has 1 aromatic heterocycles. The van der Waals surface area contributed by atoms with Crippen LogP contribution in [0, 0.1) is 12.3 Å². The number of rotatable bonds is 1. The number of nitrogens with zero attached hydrogens (tertiary/aromatic N) is 2. The maximum absolute atomic E-state index is 4.50. The van der Waals surface area contributed by atoms with Gasteiger partial charge in [-0.15, -0.1) is 0 Å². The summed E-state index contributed by atoms with van der Waals surface area (Å²) in [6.45, 7) is 3.14. The Bertz CT molecular complexity index is 352. The topological polar surface area (TPSA) is 37.8 Å². The van der Waals surface area contributed by atoms with Crippen LogP contribution in [0.5, 0.6) is 0 Å². The molecular weight excluding hydrogens is 174 g/mol. The smallest absolute Gasteiger partial charge is 0.125 e. The van der Waals surface area contributed by atoms with E-state index >= 15 is 0 Å². The van der Waals surface area contributed by atoms with E-state index in [4.69, 9.17) is 0 Å². The third kappa shape index (κ3) is 1.02. The molecule has 1 unspecified atom stereocenters. The Morgan fingerprint density at radius 2 is 2.36 bits per heavy atom. The van der Waals surface area contributed by atoms with Gasteiger partial charge in [-0.25, -0.2) is 9.97 Å². The summed E-state index contributed by atoms with van der Waals surface area (Å²) < 4.78 is 0. The van der Waals surface area contributed by atoms with Gasteiger partial charge in [0.2, 0.25) is 0 Å². The largest absolute Gasteiger partial charge is 0.307 e. The van der Waals surface area contributed by atoms with E-state index in [0.29, 0.717) is 11.5 Å². The summed E-state index contributed by atoms with van der Waals surface area (Å²) in [7, 11) is 0. The van der Waals surface area contributed by atoms with Crippen molar-refractivity contribution in [2.75, 3.05) is 6.54 Å². The lowest BCUT2D eigenvalue weighted by molar-refractivity contribution is -0.00787. The third-order valence-electron chi connectivity index (χ3n) is 3.71. The minimum Gasteiger partial charge on any atom is -0.307 e. The quantitative estimate of drug-likeness (QED) is 0.729. The average Bonchev–Trinajstić information content (AvgIpc) is 1.99. The van der Waals surface area contributed by atoms with Gasteiger partial charge in [0.1, 0.15) is 5.82 Å². The molecule has 2 heterocycles. The van der Waals surface area contributed by atoms with Gasteiger partial charge in [-0.05, 0) is 25.8 Å². The summed E-state index contributed by atoms with van der Waals surface area (Å²) in [6, 6.07) is 2.54. The highest BCUT2D eigenvalue weighted by atomic mass is 15.1. The Balaban J connectivity index is 1.89. The standard InChI is InChI=1S/C11H15N3/c1-8-12-6-3-9(14-8)10-11(7-13-10)4-2-5-11/h3,6,10,13H,2,4-5,7H2,1H3. The molecule has 1 saturated heterocycles. The summed E-state index contributed by atoms with van der Waals surface area (Å²) in [5.41, 5.74) is 1.74. The lowest BCUT2D eigenvalue weighted by Gasteiger charge is -2.56. The van der Waals surface area contributed by atoms with Gasteiger partial charge < -0.3 is 5.32 Å². The first-order chi connectivity index (χ1) is 6.80. The first-order valence-corrected chi connectivity index (χ1v) is 5.33. The lowest BCUT2D eigenvalue weighted by Crippen LogP contribution is -2.59. The van der Waals surface area contributed by atoms with Crippen molar-refractivity contribution >= 4 is 0 Å². The second kappa shape index (κ2) is 2.76. The van der Waals surface area contributed by atoms with Crippen molar-refractivity contribution < 1.29 is 0 Å². The molecule has 1 aliphatic carbocycles. The molecule has 3 rings (SSSR count). The zero-order chi connectivity index (χ0) is 9.60. The third-order valence-corrected chi connectivity index (χ3v) is 3.71. The van der Waals surface area contributed by atoms with Crippen molar-refractivity contribution in [1.29, 1.82) is 0 Å². The summed E-state index contributed by atoms with van der Waals surface area (Å²) >= 11 is 0. The van der Waals surface area contributed by atoms with E-state index in [2.05, 4.69) is 15.3 Å². The van der Waals surface area contributed by atoms with Crippen molar-refractivity contribution in [2.24, 2.45) is 5.41 Å². The molecule has 1 aliphatic heterocycles. The van der Waals surface area contributed by atoms with E-state index in [0.717, 1.165) is 5.82 Å². The van der Waals surface area contributed by atoms with Crippen LogP contribution in [0.25, 0.3) is 0 Å². The van der Waals surface area contributed by atoms with E-state index in [1.807, 2.05) is 19.2 Å². The Kier molecular flexibility index (Phi) is 1.65. The molecule has 2 fully saturated rings. The zero-order valence-corrected chi connectivity index (χ0v) is 8.45. The molecule has 0 aromatic carbocycles. The molecular formula is C11H15N3. The number of hydrogen-bond acceptors (Lipinski definition) is 3. The highest BCUT2D eigenvalue weighted by molar-refractivity contribution is 5.19. The van der Waals surface area contributed by atoms with Crippen LogP contribution in [-0.4, -0.2) is 16.5 Å². The number of aromatic nitrogens is 2. The van der Waals surface area contributed by atoms with E-state index in [9.17, 15) is 0 Å². The maximum Gasteiger partial charge on any atom is 0.125 e. The molecule has 2 aliphatic rings. The first kappa shape index (κ1) is 8.36. The molecule has 1 aromatic rings. The molecule has 1 atom stereocenters. The monoisotopic (exact) mass is 189 g/mol. The second-order valence-corrected chi connectivity index (χ2v) is 4.56. The van der Waals surface area contributed by atoms with Crippen molar-refractivity contribution in [3.8, 4) is 0 Å². The van der Waals surface area contributed by atoms with Gasteiger partial charge in [0.15, 0.2) is 0 Å². The van der Waals surface area contributed by atoms with E-state index < -0.39 is 0 Å². The van der Waals surface area contributed by atoms with Crippen molar-refractivity contribution in [1.82, 2.24) is 15.3 Å².